The lowest BCUT2D eigenvalue weighted by atomic mass is 10.2. The van der Waals surface area contributed by atoms with E-state index in [4.69, 9.17) is 0 Å². The highest BCUT2D eigenvalue weighted by atomic mass is 14.9. The molecule has 0 aliphatic carbocycles. The molecule has 1 aromatic heterocycles. The van der Waals surface area contributed by atoms with E-state index in [1.807, 2.05) is 13.1 Å². The second kappa shape index (κ2) is 6.48. The highest BCUT2D eigenvalue weighted by molar-refractivity contribution is 5.51. The Kier molecular flexibility index (Phi) is 5.26. The van der Waals surface area contributed by atoms with Crippen LogP contribution in [0.5, 0.6) is 0 Å². The SMILES string of the molecule is CCCNCc1cnc(C)cc1NC(C)C. The molecular formula is C13H23N3. The third-order valence-corrected chi connectivity index (χ3v) is 2.31. The van der Waals surface area contributed by atoms with Crippen molar-refractivity contribution in [1.82, 2.24) is 10.3 Å². The van der Waals surface area contributed by atoms with Crippen LogP contribution in [0, 0.1) is 6.92 Å². The van der Waals surface area contributed by atoms with Crippen molar-refractivity contribution in [2.45, 2.75) is 46.7 Å². The number of anilines is 1. The molecule has 16 heavy (non-hydrogen) atoms. The Morgan fingerprint density at radius 1 is 1.38 bits per heavy atom. The second-order valence-electron chi connectivity index (χ2n) is 4.46. The van der Waals surface area contributed by atoms with Crippen LogP contribution in [0.1, 0.15) is 38.4 Å². The van der Waals surface area contributed by atoms with Crippen molar-refractivity contribution < 1.29 is 0 Å². The van der Waals surface area contributed by atoms with Gasteiger partial charge in [0.2, 0.25) is 0 Å². The normalized spacial score (nSPS) is 10.8. The van der Waals surface area contributed by atoms with Crippen LogP contribution in [0.2, 0.25) is 0 Å². The largest absolute Gasteiger partial charge is 0.383 e. The van der Waals surface area contributed by atoms with Gasteiger partial charge in [-0.1, -0.05) is 6.92 Å². The minimum absolute atomic E-state index is 0.451. The van der Waals surface area contributed by atoms with E-state index in [0.717, 1.165) is 25.2 Å². The van der Waals surface area contributed by atoms with E-state index in [0.29, 0.717) is 6.04 Å². The fraction of sp³-hybridized carbons (Fsp3) is 0.615. The molecular weight excluding hydrogens is 198 g/mol. The van der Waals surface area contributed by atoms with Crippen molar-refractivity contribution >= 4 is 5.69 Å². The summed E-state index contributed by atoms with van der Waals surface area (Å²) in [6.07, 6.45) is 3.12. The zero-order valence-corrected chi connectivity index (χ0v) is 10.8. The first kappa shape index (κ1) is 13.0. The van der Waals surface area contributed by atoms with Gasteiger partial charge >= 0.3 is 0 Å². The molecule has 3 heteroatoms. The molecule has 0 saturated carbocycles. The highest BCUT2D eigenvalue weighted by Crippen LogP contribution is 2.16. The minimum Gasteiger partial charge on any atom is -0.383 e. The molecule has 0 bridgehead atoms. The van der Waals surface area contributed by atoms with E-state index in [1.54, 1.807) is 0 Å². The highest BCUT2D eigenvalue weighted by Gasteiger charge is 2.04. The van der Waals surface area contributed by atoms with Crippen molar-refractivity contribution in [1.29, 1.82) is 0 Å². The van der Waals surface area contributed by atoms with Gasteiger partial charge in [-0.15, -0.1) is 0 Å². The third kappa shape index (κ3) is 4.19. The van der Waals surface area contributed by atoms with E-state index in [2.05, 4.69) is 42.5 Å². The average Bonchev–Trinajstić information content (AvgIpc) is 2.20. The predicted octanol–water partition coefficient (Wildman–Crippen LogP) is 2.71. The molecule has 2 N–H and O–H groups in total. The van der Waals surface area contributed by atoms with Gasteiger partial charge in [-0.25, -0.2) is 0 Å². The van der Waals surface area contributed by atoms with Gasteiger partial charge < -0.3 is 10.6 Å². The predicted molar refractivity (Wildman–Crippen MR) is 69.7 cm³/mol. The molecule has 0 aliphatic rings. The van der Waals surface area contributed by atoms with Gasteiger partial charge in [0.15, 0.2) is 0 Å². The maximum atomic E-state index is 4.35. The van der Waals surface area contributed by atoms with Crippen molar-refractivity contribution in [2.24, 2.45) is 0 Å². The standard InChI is InChI=1S/C13H23N3/c1-5-6-14-8-12-9-15-11(4)7-13(12)16-10(2)3/h7,9-10,14H,5-6,8H2,1-4H3,(H,15,16). The summed E-state index contributed by atoms with van der Waals surface area (Å²) in [5.74, 6) is 0. The van der Waals surface area contributed by atoms with Gasteiger partial charge in [-0.2, -0.15) is 0 Å². The summed E-state index contributed by atoms with van der Waals surface area (Å²) >= 11 is 0. The smallest absolute Gasteiger partial charge is 0.0421 e. The lowest BCUT2D eigenvalue weighted by Gasteiger charge is -2.15. The van der Waals surface area contributed by atoms with E-state index in [1.165, 1.54) is 11.3 Å². The zero-order chi connectivity index (χ0) is 12.0. The quantitative estimate of drug-likeness (QED) is 0.725. The fourth-order valence-electron chi connectivity index (χ4n) is 1.57. The van der Waals surface area contributed by atoms with Gasteiger partial charge in [-0.05, 0) is 39.8 Å². The van der Waals surface area contributed by atoms with E-state index in [9.17, 15) is 0 Å². The van der Waals surface area contributed by atoms with Crippen LogP contribution < -0.4 is 10.6 Å². The Morgan fingerprint density at radius 3 is 2.75 bits per heavy atom. The first-order chi connectivity index (χ1) is 7.63. The number of hydrogen-bond acceptors (Lipinski definition) is 3. The van der Waals surface area contributed by atoms with Crippen LogP contribution in [0.25, 0.3) is 0 Å². The van der Waals surface area contributed by atoms with Crippen LogP contribution >= 0.6 is 0 Å². The molecule has 0 aromatic carbocycles. The monoisotopic (exact) mass is 221 g/mol. The minimum atomic E-state index is 0.451. The van der Waals surface area contributed by atoms with Crippen LogP contribution in [0.3, 0.4) is 0 Å². The first-order valence-electron chi connectivity index (χ1n) is 6.06. The third-order valence-electron chi connectivity index (χ3n) is 2.31. The van der Waals surface area contributed by atoms with Gasteiger partial charge in [-0.3, -0.25) is 4.98 Å². The summed E-state index contributed by atoms with van der Waals surface area (Å²) in [5.41, 5.74) is 3.50. The first-order valence-corrected chi connectivity index (χ1v) is 6.06. The number of pyridine rings is 1. The Morgan fingerprint density at radius 2 is 2.12 bits per heavy atom. The molecule has 1 rings (SSSR count). The number of hydrogen-bond donors (Lipinski definition) is 2. The lowest BCUT2D eigenvalue weighted by molar-refractivity contribution is 0.673. The Labute approximate surface area is 98.7 Å². The molecule has 0 saturated heterocycles. The fourth-order valence-corrected chi connectivity index (χ4v) is 1.57. The summed E-state index contributed by atoms with van der Waals surface area (Å²) in [5, 5.41) is 6.87. The number of aryl methyl sites for hydroxylation is 1. The van der Waals surface area contributed by atoms with E-state index < -0.39 is 0 Å². The molecule has 0 atom stereocenters. The molecule has 0 aliphatic heterocycles. The van der Waals surface area contributed by atoms with Gasteiger partial charge in [0, 0.05) is 35.7 Å². The molecule has 0 unspecified atom stereocenters. The Balaban J connectivity index is 2.72. The summed E-state index contributed by atoms with van der Waals surface area (Å²) in [6, 6.07) is 2.56. The Hall–Kier alpha value is -1.09. The number of aromatic nitrogens is 1. The topological polar surface area (TPSA) is 37.0 Å². The maximum absolute atomic E-state index is 4.35. The second-order valence-corrected chi connectivity index (χ2v) is 4.46. The number of nitrogens with zero attached hydrogens (tertiary/aromatic N) is 1. The van der Waals surface area contributed by atoms with Crippen LogP contribution in [-0.4, -0.2) is 17.6 Å². The summed E-state index contributed by atoms with van der Waals surface area (Å²) in [7, 11) is 0. The molecule has 1 heterocycles. The number of nitrogens with one attached hydrogen (secondary N) is 2. The van der Waals surface area contributed by atoms with Gasteiger partial charge in [0.05, 0.1) is 0 Å². The van der Waals surface area contributed by atoms with Crippen LogP contribution in [-0.2, 0) is 6.54 Å². The van der Waals surface area contributed by atoms with Crippen molar-refractivity contribution in [3.63, 3.8) is 0 Å². The lowest BCUT2D eigenvalue weighted by Crippen LogP contribution is -2.18. The maximum Gasteiger partial charge on any atom is 0.0421 e. The van der Waals surface area contributed by atoms with E-state index >= 15 is 0 Å². The van der Waals surface area contributed by atoms with Crippen molar-refractivity contribution in [3.8, 4) is 0 Å². The zero-order valence-electron chi connectivity index (χ0n) is 10.8. The summed E-state index contributed by atoms with van der Waals surface area (Å²) in [6.45, 7) is 10.4. The molecule has 0 spiro atoms. The summed E-state index contributed by atoms with van der Waals surface area (Å²) in [4.78, 5) is 4.35. The Bertz CT molecular complexity index is 321. The van der Waals surface area contributed by atoms with Crippen LogP contribution in [0.15, 0.2) is 12.3 Å². The van der Waals surface area contributed by atoms with Gasteiger partial charge in [0.1, 0.15) is 0 Å². The molecule has 0 fully saturated rings. The van der Waals surface area contributed by atoms with Crippen molar-refractivity contribution in [3.05, 3.63) is 23.5 Å². The average molecular weight is 221 g/mol. The van der Waals surface area contributed by atoms with Crippen LogP contribution in [0.4, 0.5) is 5.69 Å². The van der Waals surface area contributed by atoms with Gasteiger partial charge in [0.25, 0.3) is 0 Å². The number of rotatable bonds is 6. The molecule has 1 aromatic rings. The van der Waals surface area contributed by atoms with Crippen molar-refractivity contribution in [2.75, 3.05) is 11.9 Å². The molecule has 90 valence electrons. The molecule has 0 radical (unpaired) electrons. The molecule has 0 amide bonds. The van der Waals surface area contributed by atoms with E-state index in [-0.39, 0.29) is 0 Å². The molecule has 3 nitrogen and oxygen atoms in total. The summed E-state index contributed by atoms with van der Waals surface area (Å²) < 4.78 is 0.